The Kier molecular flexibility index (Phi) is 7.88. The van der Waals surface area contributed by atoms with Crippen molar-refractivity contribution in [2.75, 3.05) is 13.2 Å². The molecule has 0 amide bonds. The predicted molar refractivity (Wildman–Crippen MR) is 133 cm³/mol. The van der Waals surface area contributed by atoms with Crippen LogP contribution in [0.15, 0.2) is 61.2 Å². The summed E-state index contributed by atoms with van der Waals surface area (Å²) in [6, 6.07) is 10.8. The Labute approximate surface area is 190 Å². The molecule has 1 aromatic rings. The third-order valence-electron chi connectivity index (χ3n) is 8.52. The minimum atomic E-state index is 0.193. The van der Waals surface area contributed by atoms with E-state index < -0.39 is 0 Å². The molecular weight excluding hydrogens is 376 g/mol. The summed E-state index contributed by atoms with van der Waals surface area (Å²) in [5.74, 6) is 3.47. The second-order valence-corrected chi connectivity index (χ2v) is 10.4. The Morgan fingerprint density at radius 3 is 2.23 bits per heavy atom. The van der Waals surface area contributed by atoms with Gasteiger partial charge in [-0.3, -0.25) is 0 Å². The molecule has 31 heavy (non-hydrogen) atoms. The zero-order chi connectivity index (χ0) is 21.5. The second-order valence-electron chi connectivity index (χ2n) is 10.4. The van der Waals surface area contributed by atoms with Gasteiger partial charge in [-0.25, -0.2) is 0 Å². The highest BCUT2D eigenvalue weighted by Gasteiger charge is 2.41. The molecule has 1 aromatic carbocycles. The van der Waals surface area contributed by atoms with Crippen molar-refractivity contribution < 1.29 is 4.74 Å². The lowest BCUT2D eigenvalue weighted by Gasteiger charge is -2.45. The van der Waals surface area contributed by atoms with E-state index in [0.29, 0.717) is 0 Å². The maximum absolute atomic E-state index is 6.20. The average molecular weight is 419 g/mol. The molecule has 2 fully saturated rings. The van der Waals surface area contributed by atoms with Gasteiger partial charge in [-0.2, -0.15) is 0 Å². The second kappa shape index (κ2) is 10.8. The van der Waals surface area contributed by atoms with Gasteiger partial charge in [0.25, 0.3) is 0 Å². The van der Waals surface area contributed by atoms with Crippen molar-refractivity contribution in [3.8, 4) is 0 Å². The van der Waals surface area contributed by atoms with Crippen LogP contribution in [0.3, 0.4) is 0 Å². The quantitative estimate of drug-likeness (QED) is 0.305. The van der Waals surface area contributed by atoms with Crippen LogP contribution in [0.4, 0.5) is 0 Å². The first-order valence-electron chi connectivity index (χ1n) is 12.9. The van der Waals surface area contributed by atoms with Crippen LogP contribution < -0.4 is 0 Å². The third-order valence-corrected chi connectivity index (χ3v) is 8.52. The van der Waals surface area contributed by atoms with Gasteiger partial charge in [0.05, 0.1) is 6.61 Å². The normalized spacial score (nSPS) is 33.6. The molecule has 1 heteroatoms. The molecule has 0 spiro atoms. The van der Waals surface area contributed by atoms with E-state index in [9.17, 15) is 0 Å². The van der Waals surface area contributed by atoms with E-state index in [4.69, 9.17) is 4.74 Å². The van der Waals surface area contributed by atoms with E-state index in [1.165, 1.54) is 62.5 Å². The van der Waals surface area contributed by atoms with Gasteiger partial charge < -0.3 is 4.74 Å². The molecule has 1 atom stereocenters. The van der Waals surface area contributed by atoms with Crippen LogP contribution in [0.25, 0.3) is 5.57 Å². The molecule has 3 aliphatic rings. The van der Waals surface area contributed by atoms with Gasteiger partial charge in [0.1, 0.15) is 0 Å². The molecule has 168 valence electrons. The number of benzene rings is 1. The first-order valence-corrected chi connectivity index (χ1v) is 12.9. The fourth-order valence-corrected chi connectivity index (χ4v) is 6.49. The largest absolute Gasteiger partial charge is 0.381 e. The van der Waals surface area contributed by atoms with E-state index >= 15 is 0 Å². The number of rotatable bonds is 8. The van der Waals surface area contributed by atoms with Crippen molar-refractivity contribution in [1.29, 1.82) is 0 Å². The molecule has 0 bridgehead atoms. The van der Waals surface area contributed by atoms with E-state index in [-0.39, 0.29) is 5.41 Å². The lowest BCUT2D eigenvalue weighted by atomic mass is 9.61. The molecule has 3 aliphatic carbocycles. The molecule has 2 saturated carbocycles. The minimum Gasteiger partial charge on any atom is -0.381 e. The molecule has 4 rings (SSSR count). The molecule has 1 nitrogen and oxygen atoms in total. The summed E-state index contributed by atoms with van der Waals surface area (Å²) in [7, 11) is 0. The van der Waals surface area contributed by atoms with Gasteiger partial charge >= 0.3 is 0 Å². The zero-order valence-electron chi connectivity index (χ0n) is 19.6. The Hall–Kier alpha value is -1.60. The summed E-state index contributed by atoms with van der Waals surface area (Å²) >= 11 is 0. The van der Waals surface area contributed by atoms with E-state index in [0.717, 1.165) is 49.7 Å². The highest BCUT2D eigenvalue weighted by molar-refractivity contribution is 5.75. The monoisotopic (exact) mass is 418 g/mol. The molecular formula is C30H42O. The molecule has 0 heterocycles. The maximum atomic E-state index is 6.20. The topological polar surface area (TPSA) is 9.23 Å². The molecule has 0 radical (unpaired) electrons. The third kappa shape index (κ3) is 5.43. The van der Waals surface area contributed by atoms with E-state index in [1.807, 2.05) is 0 Å². The van der Waals surface area contributed by atoms with Crippen LogP contribution in [0.1, 0.15) is 76.7 Å². The number of ether oxygens (including phenoxy) is 1. The summed E-state index contributed by atoms with van der Waals surface area (Å²) in [4.78, 5) is 0. The zero-order valence-corrected chi connectivity index (χ0v) is 19.6. The average Bonchev–Trinajstić information content (AvgIpc) is 2.85. The highest BCUT2D eigenvalue weighted by atomic mass is 16.5. The predicted octanol–water partition coefficient (Wildman–Crippen LogP) is 8.24. The summed E-state index contributed by atoms with van der Waals surface area (Å²) in [6.07, 6.45) is 23.0. The highest BCUT2D eigenvalue weighted by Crippen LogP contribution is 2.49. The number of hydrogen-bond donors (Lipinski definition) is 0. The van der Waals surface area contributed by atoms with Crippen molar-refractivity contribution in [2.45, 2.75) is 71.1 Å². The van der Waals surface area contributed by atoms with Gasteiger partial charge in [-0.15, -0.1) is 6.58 Å². The van der Waals surface area contributed by atoms with Gasteiger partial charge in [-0.05, 0) is 99.0 Å². The Balaban J connectivity index is 1.39. The lowest BCUT2D eigenvalue weighted by molar-refractivity contribution is 0.0136. The fourth-order valence-electron chi connectivity index (χ4n) is 6.49. The SMILES string of the molecule is C=CC1CCC(C2CCC(C3(COCCC)C=CC(c4ccccc4)=CC3)CC2)CC1. The number of hydrogen-bond acceptors (Lipinski definition) is 1. The molecule has 0 N–H and O–H groups in total. The van der Waals surface area contributed by atoms with E-state index in [1.54, 1.807) is 0 Å². The van der Waals surface area contributed by atoms with Crippen LogP contribution in [-0.4, -0.2) is 13.2 Å². The molecule has 0 aliphatic heterocycles. The van der Waals surface area contributed by atoms with Crippen molar-refractivity contribution in [3.63, 3.8) is 0 Å². The molecule has 0 aromatic heterocycles. The lowest BCUT2D eigenvalue weighted by Crippen LogP contribution is -2.38. The standard InChI is InChI=1S/C30H42O/c1-3-22-31-23-30(20-18-28(19-21-30)25-8-6-5-7-9-25)29-16-14-27(15-17-29)26-12-10-24(4-2)11-13-26/h4-9,18-20,24,26-27,29H,2-3,10-17,21-23H2,1H3. The van der Waals surface area contributed by atoms with Crippen molar-refractivity contribution >= 4 is 5.57 Å². The first-order chi connectivity index (χ1) is 15.2. The minimum absolute atomic E-state index is 0.193. The Morgan fingerprint density at radius 1 is 0.968 bits per heavy atom. The fraction of sp³-hybridized carbons (Fsp3) is 0.600. The van der Waals surface area contributed by atoms with Gasteiger partial charge in [0.15, 0.2) is 0 Å². The smallest absolute Gasteiger partial charge is 0.0562 e. The van der Waals surface area contributed by atoms with E-state index in [2.05, 4.69) is 68.1 Å². The first kappa shape index (κ1) is 22.6. The van der Waals surface area contributed by atoms with Crippen molar-refractivity contribution in [3.05, 3.63) is 66.8 Å². The Morgan fingerprint density at radius 2 is 1.65 bits per heavy atom. The summed E-state index contributed by atoms with van der Waals surface area (Å²) in [5.41, 5.74) is 2.90. The molecule has 1 unspecified atom stereocenters. The van der Waals surface area contributed by atoms with Crippen molar-refractivity contribution in [1.82, 2.24) is 0 Å². The van der Waals surface area contributed by atoms with Crippen LogP contribution in [0.5, 0.6) is 0 Å². The Bertz CT molecular complexity index is 744. The summed E-state index contributed by atoms with van der Waals surface area (Å²) in [5, 5.41) is 0. The summed E-state index contributed by atoms with van der Waals surface area (Å²) < 4.78 is 6.20. The van der Waals surface area contributed by atoms with Crippen LogP contribution in [-0.2, 0) is 4.74 Å². The van der Waals surface area contributed by atoms with Gasteiger partial charge in [-0.1, -0.05) is 61.6 Å². The molecule has 0 saturated heterocycles. The van der Waals surface area contributed by atoms with Crippen molar-refractivity contribution in [2.24, 2.45) is 29.1 Å². The van der Waals surface area contributed by atoms with Gasteiger partial charge in [0, 0.05) is 12.0 Å². The van der Waals surface area contributed by atoms with Crippen LogP contribution >= 0.6 is 0 Å². The maximum Gasteiger partial charge on any atom is 0.0562 e. The van der Waals surface area contributed by atoms with Gasteiger partial charge in [0.2, 0.25) is 0 Å². The summed E-state index contributed by atoms with van der Waals surface area (Å²) in [6.45, 7) is 8.00. The van der Waals surface area contributed by atoms with Crippen LogP contribution in [0, 0.1) is 29.1 Å². The number of allylic oxidation sites excluding steroid dienone is 4. The van der Waals surface area contributed by atoms with Crippen LogP contribution in [0.2, 0.25) is 0 Å².